The minimum absolute atomic E-state index is 0.00191. The zero-order valence-electron chi connectivity index (χ0n) is 13.5. The van der Waals surface area contributed by atoms with Gasteiger partial charge in [-0.25, -0.2) is 0 Å². The molecule has 0 radical (unpaired) electrons. The number of benzene rings is 2. The number of allylic oxidation sites excluding steroid dienone is 2. The summed E-state index contributed by atoms with van der Waals surface area (Å²) in [5, 5.41) is 9.85. The molecule has 0 aliphatic heterocycles. The van der Waals surface area contributed by atoms with E-state index in [1.54, 1.807) is 11.8 Å². The Morgan fingerprint density at radius 2 is 1.88 bits per heavy atom. The Kier molecular flexibility index (Phi) is 4.83. The van der Waals surface area contributed by atoms with E-state index in [-0.39, 0.29) is 6.42 Å². The summed E-state index contributed by atoms with van der Waals surface area (Å²) < 4.78 is 0. The van der Waals surface area contributed by atoms with Gasteiger partial charge in [0.05, 0.1) is 6.42 Å². The molecule has 0 atom stereocenters. The molecule has 0 bridgehead atoms. The molecule has 0 aromatic heterocycles. The third kappa shape index (κ3) is 3.28. The van der Waals surface area contributed by atoms with Crippen LogP contribution in [0.4, 0.5) is 0 Å². The first-order chi connectivity index (χ1) is 11.5. The molecule has 2 aromatic carbocycles. The lowest BCUT2D eigenvalue weighted by molar-refractivity contribution is -0.135. The van der Waals surface area contributed by atoms with Gasteiger partial charge in [0.1, 0.15) is 0 Å². The summed E-state index contributed by atoms with van der Waals surface area (Å²) in [6.07, 6.45) is 4.17. The zero-order valence-corrected chi connectivity index (χ0v) is 15.0. The van der Waals surface area contributed by atoms with Crippen LogP contribution in [0.3, 0.4) is 0 Å². The number of aliphatic carboxylic acids is 1. The van der Waals surface area contributed by atoms with E-state index in [0.717, 1.165) is 33.4 Å². The maximum atomic E-state index is 11.2. The average Bonchev–Trinajstić information content (AvgIpc) is 2.80. The quantitative estimate of drug-likeness (QED) is 0.696. The largest absolute Gasteiger partial charge is 0.481 e. The van der Waals surface area contributed by atoms with Crippen molar-refractivity contribution in [3.05, 3.63) is 69.8 Å². The normalized spacial score (nSPS) is 15.0. The number of carboxylic acid groups (broad SMARTS) is 1. The van der Waals surface area contributed by atoms with Gasteiger partial charge in [-0.2, -0.15) is 0 Å². The molecule has 2 nitrogen and oxygen atoms in total. The van der Waals surface area contributed by atoms with Gasteiger partial charge in [0.25, 0.3) is 0 Å². The van der Waals surface area contributed by atoms with Crippen molar-refractivity contribution in [1.82, 2.24) is 0 Å². The molecule has 2 aromatic rings. The lowest BCUT2D eigenvalue weighted by Crippen LogP contribution is -1.96. The van der Waals surface area contributed by atoms with Crippen molar-refractivity contribution in [2.75, 3.05) is 6.26 Å². The molecule has 0 saturated carbocycles. The van der Waals surface area contributed by atoms with Crippen LogP contribution < -0.4 is 0 Å². The van der Waals surface area contributed by atoms with Crippen LogP contribution in [0.25, 0.3) is 17.2 Å². The van der Waals surface area contributed by atoms with E-state index in [9.17, 15) is 9.90 Å². The first-order valence-corrected chi connectivity index (χ1v) is 9.18. The van der Waals surface area contributed by atoms with Crippen molar-refractivity contribution < 1.29 is 9.90 Å². The molecule has 1 N–H and O–H groups in total. The van der Waals surface area contributed by atoms with Crippen LogP contribution in [0.5, 0.6) is 0 Å². The monoisotopic (exact) mass is 356 g/mol. The lowest BCUT2D eigenvalue weighted by atomic mass is 10.0. The number of carbonyl (C=O) groups is 1. The first kappa shape index (κ1) is 16.9. The molecule has 1 aliphatic rings. The molecule has 0 amide bonds. The van der Waals surface area contributed by atoms with Gasteiger partial charge in [-0.3, -0.25) is 4.79 Å². The van der Waals surface area contributed by atoms with Crippen LogP contribution in [0, 0.1) is 0 Å². The van der Waals surface area contributed by atoms with Crippen LogP contribution in [0.15, 0.2) is 52.9 Å². The summed E-state index contributed by atoms with van der Waals surface area (Å²) in [7, 11) is 0. The lowest BCUT2D eigenvalue weighted by Gasteiger charge is -2.05. The fourth-order valence-corrected chi connectivity index (χ4v) is 3.58. The molecule has 0 spiro atoms. The Morgan fingerprint density at radius 1 is 1.17 bits per heavy atom. The van der Waals surface area contributed by atoms with Crippen LogP contribution in [0.1, 0.15) is 30.0 Å². The van der Waals surface area contributed by atoms with E-state index in [1.807, 2.05) is 25.1 Å². The van der Waals surface area contributed by atoms with Crippen LogP contribution in [-0.4, -0.2) is 17.3 Å². The molecular weight excluding hydrogens is 340 g/mol. The Labute approximate surface area is 150 Å². The molecule has 4 heteroatoms. The predicted octanol–water partition coefficient (Wildman–Crippen LogP) is 5.86. The predicted molar refractivity (Wildman–Crippen MR) is 102 cm³/mol. The standard InChI is InChI=1S/C20H17ClO2S/c1-12-17(9-13-3-6-15(24-2)7-4-13)16-8-5-14(21)10-19(16)18(12)11-20(22)23/h3-10H,11H2,1-2H3,(H,22,23). The van der Waals surface area contributed by atoms with E-state index in [2.05, 4.69) is 36.6 Å². The second kappa shape index (κ2) is 6.88. The van der Waals surface area contributed by atoms with Crippen molar-refractivity contribution in [2.24, 2.45) is 0 Å². The Bertz CT molecular complexity index is 864. The molecular formula is C20H17ClO2S. The van der Waals surface area contributed by atoms with Crippen LogP contribution >= 0.6 is 23.4 Å². The van der Waals surface area contributed by atoms with E-state index in [4.69, 9.17) is 11.6 Å². The van der Waals surface area contributed by atoms with E-state index in [1.165, 1.54) is 4.90 Å². The van der Waals surface area contributed by atoms with Crippen LogP contribution in [-0.2, 0) is 4.79 Å². The number of rotatable bonds is 4. The zero-order chi connectivity index (χ0) is 17.3. The summed E-state index contributed by atoms with van der Waals surface area (Å²) in [5.41, 5.74) is 5.97. The molecule has 3 rings (SSSR count). The number of halogens is 1. The highest BCUT2D eigenvalue weighted by molar-refractivity contribution is 7.98. The van der Waals surface area contributed by atoms with E-state index < -0.39 is 5.97 Å². The average molecular weight is 357 g/mol. The van der Waals surface area contributed by atoms with Crippen molar-refractivity contribution in [3.8, 4) is 0 Å². The van der Waals surface area contributed by atoms with Gasteiger partial charge in [0.2, 0.25) is 0 Å². The SMILES string of the molecule is CSc1ccc(C=C2C(C)=C(CC(=O)O)c3cc(Cl)ccc32)cc1. The number of hydrogen-bond acceptors (Lipinski definition) is 2. The highest BCUT2D eigenvalue weighted by Crippen LogP contribution is 2.44. The molecule has 24 heavy (non-hydrogen) atoms. The fourth-order valence-electron chi connectivity index (χ4n) is 3.00. The van der Waals surface area contributed by atoms with Gasteiger partial charge in [-0.15, -0.1) is 11.8 Å². The number of fused-ring (bicyclic) bond motifs is 1. The number of thioether (sulfide) groups is 1. The van der Waals surface area contributed by atoms with Gasteiger partial charge in [-0.05, 0) is 76.9 Å². The summed E-state index contributed by atoms with van der Waals surface area (Å²) >= 11 is 7.83. The van der Waals surface area contributed by atoms with Gasteiger partial charge in [-0.1, -0.05) is 29.8 Å². The first-order valence-electron chi connectivity index (χ1n) is 7.57. The van der Waals surface area contributed by atoms with Crippen LogP contribution in [0.2, 0.25) is 5.02 Å². The highest BCUT2D eigenvalue weighted by atomic mass is 35.5. The summed E-state index contributed by atoms with van der Waals surface area (Å²) in [6, 6.07) is 14.0. The minimum atomic E-state index is -0.833. The Balaban J connectivity index is 2.11. The maximum absolute atomic E-state index is 11.2. The number of hydrogen-bond donors (Lipinski definition) is 1. The van der Waals surface area contributed by atoms with E-state index >= 15 is 0 Å². The molecule has 1 aliphatic carbocycles. The molecule has 0 saturated heterocycles. The molecule has 122 valence electrons. The molecule has 0 heterocycles. The second-order valence-electron chi connectivity index (χ2n) is 5.70. The highest BCUT2D eigenvalue weighted by Gasteiger charge is 2.25. The third-order valence-electron chi connectivity index (χ3n) is 4.21. The number of carboxylic acids is 1. The van der Waals surface area contributed by atoms with Crippen molar-refractivity contribution in [1.29, 1.82) is 0 Å². The van der Waals surface area contributed by atoms with Gasteiger partial charge >= 0.3 is 5.97 Å². The van der Waals surface area contributed by atoms with E-state index in [0.29, 0.717) is 5.02 Å². The van der Waals surface area contributed by atoms with Crippen molar-refractivity contribution in [3.63, 3.8) is 0 Å². The van der Waals surface area contributed by atoms with Gasteiger partial charge in [0.15, 0.2) is 0 Å². The Hall–Kier alpha value is -1.97. The van der Waals surface area contributed by atoms with Gasteiger partial charge < -0.3 is 5.11 Å². The molecule has 0 fully saturated rings. The molecule has 0 unspecified atom stereocenters. The topological polar surface area (TPSA) is 37.3 Å². The minimum Gasteiger partial charge on any atom is -0.481 e. The fraction of sp³-hybridized carbons (Fsp3) is 0.150. The smallest absolute Gasteiger partial charge is 0.307 e. The van der Waals surface area contributed by atoms with Crippen molar-refractivity contribution >= 4 is 46.6 Å². The van der Waals surface area contributed by atoms with Crippen molar-refractivity contribution in [2.45, 2.75) is 18.2 Å². The third-order valence-corrected chi connectivity index (χ3v) is 5.19. The summed E-state index contributed by atoms with van der Waals surface area (Å²) in [6.45, 7) is 1.98. The van der Waals surface area contributed by atoms with Gasteiger partial charge in [0, 0.05) is 9.92 Å². The summed E-state index contributed by atoms with van der Waals surface area (Å²) in [4.78, 5) is 12.5. The summed E-state index contributed by atoms with van der Waals surface area (Å²) in [5.74, 6) is -0.833. The second-order valence-corrected chi connectivity index (χ2v) is 7.01. The Morgan fingerprint density at radius 3 is 2.50 bits per heavy atom. The maximum Gasteiger partial charge on any atom is 0.307 e.